The number of aromatic nitrogens is 1. The maximum absolute atomic E-state index is 14.3. The van der Waals surface area contributed by atoms with Crippen molar-refractivity contribution >= 4 is 16.8 Å². The Hall–Kier alpha value is -1.91. The van der Waals surface area contributed by atoms with E-state index in [9.17, 15) is 13.6 Å². The summed E-state index contributed by atoms with van der Waals surface area (Å²) in [5, 5.41) is 0.706. The average Bonchev–Trinajstić information content (AvgIpc) is 2.81. The van der Waals surface area contributed by atoms with Crippen LogP contribution in [0.4, 0.5) is 8.78 Å². The van der Waals surface area contributed by atoms with Gasteiger partial charge < -0.3 is 9.47 Å². The first-order valence-electron chi connectivity index (χ1n) is 6.64. The number of carbonyl (C=O) groups excluding carboxylic acids is 1. The number of hydrogen-bond donors (Lipinski definition) is 0. The summed E-state index contributed by atoms with van der Waals surface area (Å²) in [5.74, 6) is -4.63. The van der Waals surface area contributed by atoms with E-state index in [1.807, 2.05) is 11.6 Å². The molecule has 3 nitrogen and oxygen atoms in total. The molecule has 0 N–H and O–H groups in total. The number of halogens is 2. The maximum atomic E-state index is 14.3. The third-order valence-electron chi connectivity index (χ3n) is 3.57. The van der Waals surface area contributed by atoms with Crippen LogP contribution in [0.15, 0.2) is 30.5 Å². The smallest absolute Gasteiger partial charge is 0.349 e. The Morgan fingerprint density at radius 2 is 1.90 bits per heavy atom. The Bertz CT molecular complexity index is 630. The van der Waals surface area contributed by atoms with Crippen LogP contribution in [0.2, 0.25) is 0 Å². The predicted molar refractivity (Wildman–Crippen MR) is 74.7 cm³/mol. The minimum atomic E-state index is -3.49. The van der Waals surface area contributed by atoms with Gasteiger partial charge in [0.05, 0.1) is 0 Å². The Morgan fingerprint density at radius 3 is 2.50 bits per heavy atom. The largest absolute Gasteiger partial charge is 0.351 e. The lowest BCUT2D eigenvalue weighted by Gasteiger charge is -2.25. The number of benzene rings is 1. The van der Waals surface area contributed by atoms with Gasteiger partial charge in [-0.15, -0.1) is 0 Å². The van der Waals surface area contributed by atoms with Crippen LogP contribution < -0.4 is 0 Å². The monoisotopic (exact) mass is 280 g/mol. The third-order valence-corrected chi connectivity index (χ3v) is 3.57. The first-order chi connectivity index (χ1) is 9.41. The number of likely N-dealkylation sites (N-methyl/N-ethyl adjacent to an activating group) is 1. The van der Waals surface area contributed by atoms with Gasteiger partial charge in [-0.1, -0.05) is 6.07 Å². The molecule has 2 aromatic rings. The van der Waals surface area contributed by atoms with Crippen LogP contribution >= 0.6 is 0 Å². The summed E-state index contributed by atoms with van der Waals surface area (Å²) < 4.78 is 30.5. The highest BCUT2D eigenvalue weighted by atomic mass is 19.3. The van der Waals surface area contributed by atoms with Crippen LogP contribution in [0.25, 0.3) is 10.9 Å². The zero-order valence-corrected chi connectivity index (χ0v) is 11.9. The number of fused-ring (bicyclic) bond motifs is 1. The van der Waals surface area contributed by atoms with E-state index in [1.54, 1.807) is 32.2 Å². The number of nitrogens with zero attached hydrogens (tertiary/aromatic N) is 2. The molecule has 0 fully saturated rings. The third kappa shape index (κ3) is 2.28. The Labute approximate surface area is 116 Å². The van der Waals surface area contributed by atoms with Gasteiger partial charge >= 0.3 is 5.92 Å². The fourth-order valence-corrected chi connectivity index (χ4v) is 2.31. The van der Waals surface area contributed by atoms with Crippen molar-refractivity contribution in [1.29, 1.82) is 0 Å². The lowest BCUT2D eigenvalue weighted by Crippen LogP contribution is -2.41. The van der Waals surface area contributed by atoms with Crippen molar-refractivity contribution in [3.63, 3.8) is 0 Å². The van der Waals surface area contributed by atoms with Gasteiger partial charge in [-0.05, 0) is 32.0 Å². The Morgan fingerprint density at radius 1 is 1.25 bits per heavy atom. The maximum Gasteiger partial charge on any atom is 0.349 e. The molecule has 20 heavy (non-hydrogen) atoms. The van der Waals surface area contributed by atoms with Crippen LogP contribution in [0.1, 0.15) is 19.4 Å². The molecule has 0 bridgehead atoms. The van der Waals surface area contributed by atoms with Gasteiger partial charge in [0.1, 0.15) is 0 Å². The molecule has 0 saturated heterocycles. The molecule has 0 aliphatic heterocycles. The topological polar surface area (TPSA) is 25.2 Å². The molecule has 108 valence electrons. The van der Waals surface area contributed by atoms with E-state index in [0.29, 0.717) is 5.39 Å². The van der Waals surface area contributed by atoms with Crippen LogP contribution in [0, 0.1) is 0 Å². The first-order valence-corrected chi connectivity index (χ1v) is 6.64. The summed E-state index contributed by atoms with van der Waals surface area (Å²) in [6.07, 6.45) is 1.80. The molecule has 0 saturated carbocycles. The van der Waals surface area contributed by atoms with Crippen molar-refractivity contribution in [2.45, 2.75) is 19.8 Å². The molecule has 0 atom stereocenters. The van der Waals surface area contributed by atoms with Gasteiger partial charge in [-0.2, -0.15) is 8.78 Å². The lowest BCUT2D eigenvalue weighted by atomic mass is 10.0. The van der Waals surface area contributed by atoms with Gasteiger partial charge in [0.15, 0.2) is 0 Å². The van der Waals surface area contributed by atoms with E-state index in [2.05, 4.69) is 0 Å². The molecule has 0 unspecified atom stereocenters. The minimum absolute atomic E-state index is 0.256. The standard InChI is InChI=1S/C15H18F2N2O/c1-4-19(5-2)14(20)15(16,17)12-6-7-13-11(10-12)8-9-18(13)3/h6-10H,4-5H2,1-3H3. The number of aryl methyl sites for hydroxylation is 1. The van der Waals surface area contributed by atoms with Gasteiger partial charge in [0.25, 0.3) is 5.91 Å². The van der Waals surface area contributed by atoms with Gasteiger partial charge in [-0.3, -0.25) is 4.79 Å². The second-order valence-corrected chi connectivity index (χ2v) is 4.75. The van der Waals surface area contributed by atoms with Crippen molar-refractivity contribution < 1.29 is 13.6 Å². The highest BCUT2D eigenvalue weighted by molar-refractivity contribution is 5.87. The van der Waals surface area contributed by atoms with Crippen LogP contribution in [0.3, 0.4) is 0 Å². The van der Waals surface area contributed by atoms with E-state index in [-0.39, 0.29) is 18.7 Å². The first kappa shape index (κ1) is 14.5. The number of carbonyl (C=O) groups is 1. The minimum Gasteiger partial charge on any atom is -0.351 e. The number of amides is 1. The predicted octanol–water partition coefficient (Wildman–Crippen LogP) is 3.14. The van der Waals surface area contributed by atoms with Gasteiger partial charge in [0, 0.05) is 42.8 Å². The van der Waals surface area contributed by atoms with Crippen LogP contribution in [0.5, 0.6) is 0 Å². The van der Waals surface area contributed by atoms with E-state index < -0.39 is 11.8 Å². The van der Waals surface area contributed by atoms with E-state index in [1.165, 1.54) is 12.1 Å². The molecule has 0 aliphatic carbocycles. The average molecular weight is 280 g/mol. The summed E-state index contributed by atoms with van der Waals surface area (Å²) in [7, 11) is 1.85. The molecular weight excluding hydrogens is 262 g/mol. The zero-order chi connectivity index (χ0) is 14.9. The highest BCUT2D eigenvalue weighted by Crippen LogP contribution is 2.32. The van der Waals surface area contributed by atoms with E-state index in [0.717, 1.165) is 10.4 Å². The summed E-state index contributed by atoms with van der Waals surface area (Å²) in [6, 6.07) is 6.09. The molecule has 1 aromatic heterocycles. The quantitative estimate of drug-likeness (QED) is 0.844. The zero-order valence-electron chi connectivity index (χ0n) is 11.9. The van der Waals surface area contributed by atoms with Crippen molar-refractivity contribution in [3.8, 4) is 0 Å². The number of hydrogen-bond acceptors (Lipinski definition) is 1. The second kappa shape index (κ2) is 5.23. The van der Waals surface area contributed by atoms with Gasteiger partial charge in [0.2, 0.25) is 0 Å². The fourth-order valence-electron chi connectivity index (χ4n) is 2.31. The van der Waals surface area contributed by atoms with Crippen molar-refractivity contribution in [2.24, 2.45) is 7.05 Å². The molecule has 0 spiro atoms. The molecular formula is C15H18F2N2O. The Kier molecular flexibility index (Phi) is 3.79. The fraction of sp³-hybridized carbons (Fsp3) is 0.400. The summed E-state index contributed by atoms with van der Waals surface area (Å²) >= 11 is 0. The number of rotatable bonds is 4. The van der Waals surface area contributed by atoms with Crippen LogP contribution in [-0.2, 0) is 17.8 Å². The molecule has 0 radical (unpaired) electrons. The SMILES string of the molecule is CCN(CC)C(=O)C(F)(F)c1ccc2c(ccn2C)c1. The normalized spacial score (nSPS) is 11.8. The summed E-state index contributed by atoms with van der Waals surface area (Å²) in [5.41, 5.74) is 0.605. The summed E-state index contributed by atoms with van der Waals surface area (Å²) in [6.45, 7) is 3.94. The van der Waals surface area contributed by atoms with Crippen molar-refractivity contribution in [1.82, 2.24) is 9.47 Å². The number of alkyl halides is 2. The Balaban J connectivity index is 2.42. The summed E-state index contributed by atoms with van der Waals surface area (Å²) in [4.78, 5) is 13.1. The molecule has 1 heterocycles. The highest BCUT2D eigenvalue weighted by Gasteiger charge is 2.43. The van der Waals surface area contributed by atoms with Crippen molar-refractivity contribution in [2.75, 3.05) is 13.1 Å². The van der Waals surface area contributed by atoms with Crippen molar-refractivity contribution in [3.05, 3.63) is 36.0 Å². The van der Waals surface area contributed by atoms with E-state index in [4.69, 9.17) is 0 Å². The van der Waals surface area contributed by atoms with Gasteiger partial charge in [-0.25, -0.2) is 0 Å². The molecule has 2 rings (SSSR count). The van der Waals surface area contributed by atoms with E-state index >= 15 is 0 Å². The lowest BCUT2D eigenvalue weighted by molar-refractivity contribution is -0.158. The molecule has 1 amide bonds. The second-order valence-electron chi connectivity index (χ2n) is 4.75. The molecule has 5 heteroatoms. The molecule has 0 aliphatic rings. The van der Waals surface area contributed by atoms with Crippen LogP contribution in [-0.4, -0.2) is 28.5 Å². The molecule has 1 aromatic carbocycles.